The summed E-state index contributed by atoms with van der Waals surface area (Å²) >= 11 is 0. The van der Waals surface area contributed by atoms with E-state index < -0.39 is 12.0 Å². The maximum atomic E-state index is 12.5. The number of aliphatic carboxylic acids is 1. The van der Waals surface area contributed by atoms with Gasteiger partial charge in [0.15, 0.2) is 0 Å². The third-order valence-corrected chi connectivity index (χ3v) is 4.09. The van der Waals surface area contributed by atoms with Crippen LogP contribution < -0.4 is 0 Å². The molecule has 0 aliphatic carbocycles. The zero-order chi connectivity index (χ0) is 16.8. The zero-order valence-electron chi connectivity index (χ0n) is 13.3. The number of carboxylic acids is 1. The maximum absolute atomic E-state index is 12.5. The number of aryl methyl sites for hydroxylation is 1. The Labute approximate surface area is 135 Å². The molecule has 1 aliphatic rings. The van der Waals surface area contributed by atoms with Crippen LogP contribution in [-0.4, -0.2) is 58.4 Å². The van der Waals surface area contributed by atoms with Crippen molar-refractivity contribution >= 4 is 17.8 Å². The Morgan fingerprint density at radius 2 is 1.91 bits per heavy atom. The fourth-order valence-electron chi connectivity index (χ4n) is 2.92. The Balaban J connectivity index is 1.94. The van der Waals surface area contributed by atoms with Crippen molar-refractivity contribution in [1.82, 2.24) is 9.80 Å². The van der Waals surface area contributed by atoms with E-state index in [0.717, 1.165) is 12.8 Å². The largest absolute Gasteiger partial charge is 0.481 e. The predicted molar refractivity (Wildman–Crippen MR) is 84.8 cm³/mol. The number of hydrogen-bond donors (Lipinski definition) is 1. The first-order valence-corrected chi connectivity index (χ1v) is 7.80. The van der Waals surface area contributed by atoms with Crippen molar-refractivity contribution in [3.05, 3.63) is 35.9 Å². The molecule has 1 aromatic carbocycles. The van der Waals surface area contributed by atoms with Gasteiger partial charge in [-0.3, -0.25) is 14.4 Å². The number of nitrogens with zero attached hydrogens (tertiary/aromatic N) is 2. The number of benzene rings is 1. The molecule has 1 heterocycles. The second kappa shape index (κ2) is 7.76. The van der Waals surface area contributed by atoms with Gasteiger partial charge in [-0.25, -0.2) is 0 Å². The van der Waals surface area contributed by atoms with Gasteiger partial charge < -0.3 is 14.9 Å². The third-order valence-electron chi connectivity index (χ3n) is 4.09. The van der Waals surface area contributed by atoms with Crippen LogP contribution in [0.1, 0.15) is 25.3 Å². The molecule has 2 rings (SSSR count). The van der Waals surface area contributed by atoms with E-state index in [-0.39, 0.29) is 18.2 Å². The highest BCUT2D eigenvalue weighted by Crippen LogP contribution is 2.16. The van der Waals surface area contributed by atoms with Crippen LogP contribution in [0.2, 0.25) is 0 Å². The van der Waals surface area contributed by atoms with Crippen LogP contribution in [0.15, 0.2) is 30.3 Å². The summed E-state index contributed by atoms with van der Waals surface area (Å²) in [4.78, 5) is 38.1. The summed E-state index contributed by atoms with van der Waals surface area (Å²) in [6.45, 7) is 2.80. The van der Waals surface area contributed by atoms with E-state index in [2.05, 4.69) is 0 Å². The van der Waals surface area contributed by atoms with Crippen LogP contribution in [0.25, 0.3) is 0 Å². The van der Waals surface area contributed by atoms with Gasteiger partial charge in [-0.1, -0.05) is 30.3 Å². The summed E-state index contributed by atoms with van der Waals surface area (Å²) in [6.07, 6.45) is 1.34. The summed E-state index contributed by atoms with van der Waals surface area (Å²) in [6, 6.07) is 9.13. The summed E-state index contributed by atoms with van der Waals surface area (Å²) < 4.78 is 0. The highest BCUT2D eigenvalue weighted by Gasteiger charge is 2.37. The SMILES string of the molecule is CC(=O)N1CCN(CCCc2ccccc2)C(=O)C1CC(=O)O. The number of rotatable bonds is 6. The molecule has 1 N–H and O–H groups in total. The van der Waals surface area contributed by atoms with Crippen molar-refractivity contribution in [3.8, 4) is 0 Å². The molecule has 1 fully saturated rings. The average Bonchev–Trinajstić information content (AvgIpc) is 2.51. The van der Waals surface area contributed by atoms with Gasteiger partial charge in [-0.2, -0.15) is 0 Å². The van der Waals surface area contributed by atoms with Crippen LogP contribution in [0.3, 0.4) is 0 Å². The topological polar surface area (TPSA) is 77.9 Å². The van der Waals surface area contributed by atoms with Gasteiger partial charge in [0.25, 0.3) is 0 Å². The van der Waals surface area contributed by atoms with Gasteiger partial charge in [0.05, 0.1) is 6.42 Å². The van der Waals surface area contributed by atoms with Gasteiger partial charge in [-0.05, 0) is 18.4 Å². The standard InChI is InChI=1S/C17H22N2O4/c1-13(20)19-11-10-18(17(23)15(19)12-16(21)22)9-5-8-14-6-3-2-4-7-14/h2-4,6-7,15H,5,8-12H2,1H3,(H,21,22). The van der Waals surface area contributed by atoms with Crippen molar-refractivity contribution in [2.24, 2.45) is 0 Å². The lowest BCUT2D eigenvalue weighted by atomic mass is 10.1. The average molecular weight is 318 g/mol. The van der Waals surface area contributed by atoms with Crippen LogP contribution in [0.5, 0.6) is 0 Å². The number of amides is 2. The van der Waals surface area contributed by atoms with Gasteiger partial charge in [0, 0.05) is 26.6 Å². The van der Waals surface area contributed by atoms with Crippen molar-refractivity contribution in [2.45, 2.75) is 32.2 Å². The Hall–Kier alpha value is -2.37. The van der Waals surface area contributed by atoms with Crippen molar-refractivity contribution in [2.75, 3.05) is 19.6 Å². The molecule has 1 aliphatic heterocycles. The van der Waals surface area contributed by atoms with E-state index in [1.54, 1.807) is 4.90 Å². The molecule has 6 nitrogen and oxygen atoms in total. The number of piperazine rings is 1. The molecule has 0 spiro atoms. The van der Waals surface area contributed by atoms with E-state index in [9.17, 15) is 14.4 Å². The normalized spacial score (nSPS) is 18.1. The maximum Gasteiger partial charge on any atom is 0.305 e. The van der Waals surface area contributed by atoms with Gasteiger partial charge in [-0.15, -0.1) is 0 Å². The van der Waals surface area contributed by atoms with Crippen molar-refractivity contribution in [3.63, 3.8) is 0 Å². The fourth-order valence-corrected chi connectivity index (χ4v) is 2.92. The molecule has 1 atom stereocenters. The lowest BCUT2D eigenvalue weighted by molar-refractivity contribution is -0.154. The smallest absolute Gasteiger partial charge is 0.305 e. The van der Waals surface area contributed by atoms with Crippen LogP contribution in [0.4, 0.5) is 0 Å². The second-order valence-corrected chi connectivity index (χ2v) is 5.74. The van der Waals surface area contributed by atoms with Gasteiger partial charge >= 0.3 is 5.97 Å². The Kier molecular flexibility index (Phi) is 5.73. The zero-order valence-corrected chi connectivity index (χ0v) is 13.3. The van der Waals surface area contributed by atoms with E-state index >= 15 is 0 Å². The lowest BCUT2D eigenvalue weighted by Crippen LogP contribution is -2.59. The fraction of sp³-hybridized carbons (Fsp3) is 0.471. The third kappa shape index (κ3) is 4.55. The van der Waals surface area contributed by atoms with Crippen LogP contribution >= 0.6 is 0 Å². The molecule has 0 aromatic heterocycles. The second-order valence-electron chi connectivity index (χ2n) is 5.74. The molecule has 0 bridgehead atoms. The molecular formula is C17H22N2O4. The highest BCUT2D eigenvalue weighted by atomic mass is 16.4. The molecule has 1 aromatic rings. The first-order valence-electron chi connectivity index (χ1n) is 7.80. The van der Waals surface area contributed by atoms with E-state index in [1.807, 2.05) is 30.3 Å². The quantitative estimate of drug-likeness (QED) is 0.853. The minimum atomic E-state index is -1.07. The van der Waals surface area contributed by atoms with Gasteiger partial charge in [0.2, 0.25) is 11.8 Å². The number of carboxylic acid groups (broad SMARTS) is 1. The Morgan fingerprint density at radius 3 is 2.52 bits per heavy atom. The van der Waals surface area contributed by atoms with Crippen molar-refractivity contribution < 1.29 is 19.5 Å². The molecule has 1 unspecified atom stereocenters. The van der Waals surface area contributed by atoms with E-state index in [1.165, 1.54) is 17.4 Å². The van der Waals surface area contributed by atoms with E-state index in [4.69, 9.17) is 5.11 Å². The molecule has 2 amide bonds. The van der Waals surface area contributed by atoms with Gasteiger partial charge in [0.1, 0.15) is 6.04 Å². The Morgan fingerprint density at radius 1 is 1.22 bits per heavy atom. The van der Waals surface area contributed by atoms with E-state index in [0.29, 0.717) is 19.6 Å². The minimum absolute atomic E-state index is 0.256. The molecule has 0 saturated carbocycles. The lowest BCUT2D eigenvalue weighted by Gasteiger charge is -2.39. The summed E-state index contributed by atoms with van der Waals surface area (Å²) in [7, 11) is 0. The molecule has 23 heavy (non-hydrogen) atoms. The predicted octanol–water partition coefficient (Wildman–Crippen LogP) is 1.15. The minimum Gasteiger partial charge on any atom is -0.481 e. The van der Waals surface area contributed by atoms with Crippen LogP contribution in [-0.2, 0) is 20.8 Å². The first-order chi connectivity index (χ1) is 11.0. The Bertz CT molecular complexity index is 573. The summed E-state index contributed by atoms with van der Waals surface area (Å²) in [5, 5.41) is 8.99. The molecule has 1 saturated heterocycles. The number of hydrogen-bond acceptors (Lipinski definition) is 3. The molecule has 6 heteroatoms. The molecule has 0 radical (unpaired) electrons. The van der Waals surface area contributed by atoms with Crippen molar-refractivity contribution in [1.29, 1.82) is 0 Å². The first kappa shape index (κ1) is 17.0. The molecule has 124 valence electrons. The number of carbonyl (C=O) groups excluding carboxylic acids is 2. The molecular weight excluding hydrogens is 296 g/mol. The monoisotopic (exact) mass is 318 g/mol. The van der Waals surface area contributed by atoms with Crippen LogP contribution in [0, 0.1) is 0 Å². The summed E-state index contributed by atoms with van der Waals surface area (Å²) in [5.41, 5.74) is 1.21. The number of carbonyl (C=O) groups is 3. The summed E-state index contributed by atoms with van der Waals surface area (Å²) in [5.74, 6) is -1.59. The highest BCUT2D eigenvalue weighted by molar-refractivity contribution is 5.91.